The maximum atomic E-state index is 13.2. The maximum Gasteiger partial charge on any atom is 0.322 e. The Morgan fingerprint density at radius 2 is 1.86 bits per heavy atom. The van der Waals surface area contributed by atoms with Crippen molar-refractivity contribution >= 4 is 23.5 Å². The van der Waals surface area contributed by atoms with Crippen molar-refractivity contribution in [3.8, 4) is 5.75 Å². The fraction of sp³-hybridized carbons (Fsp3) is 0.261. The molecule has 29 heavy (non-hydrogen) atoms. The molecule has 0 radical (unpaired) electrons. The molecule has 4 rings (SSSR count). The van der Waals surface area contributed by atoms with Gasteiger partial charge in [0.1, 0.15) is 5.75 Å². The molecule has 0 fully saturated rings. The Hall–Kier alpha value is -2.86. The van der Waals surface area contributed by atoms with Crippen molar-refractivity contribution in [2.24, 2.45) is 0 Å². The largest absolute Gasteiger partial charge is 0.494 e. The first-order valence-electron chi connectivity index (χ1n) is 9.79. The summed E-state index contributed by atoms with van der Waals surface area (Å²) in [5.74, 6) is 0.840. The number of fused-ring (bicyclic) bond motifs is 1. The highest BCUT2D eigenvalue weighted by Gasteiger charge is 2.32. The summed E-state index contributed by atoms with van der Waals surface area (Å²) < 4.78 is 7.80. The Morgan fingerprint density at radius 1 is 1.10 bits per heavy atom. The summed E-state index contributed by atoms with van der Waals surface area (Å²) in [5, 5.41) is 3.06. The van der Waals surface area contributed by atoms with Gasteiger partial charge in [-0.25, -0.2) is 4.79 Å². The molecule has 5 nitrogen and oxygen atoms in total. The van der Waals surface area contributed by atoms with Crippen LogP contribution in [-0.2, 0) is 6.54 Å². The van der Waals surface area contributed by atoms with Crippen LogP contribution in [0.1, 0.15) is 24.2 Å². The highest BCUT2D eigenvalue weighted by Crippen LogP contribution is 2.33. The zero-order valence-corrected chi connectivity index (χ0v) is 17.5. The molecule has 1 aliphatic rings. The topological polar surface area (TPSA) is 46.5 Å². The summed E-state index contributed by atoms with van der Waals surface area (Å²) in [7, 11) is 0. The van der Waals surface area contributed by atoms with E-state index in [1.54, 1.807) is 11.8 Å². The van der Waals surface area contributed by atoms with Gasteiger partial charge >= 0.3 is 6.03 Å². The summed E-state index contributed by atoms with van der Waals surface area (Å²) in [6, 6.07) is 19.9. The number of nitrogens with zero attached hydrogens (tertiary/aromatic N) is 2. The Morgan fingerprint density at radius 3 is 2.55 bits per heavy atom. The molecule has 0 saturated heterocycles. The number of ether oxygens (including phenoxy) is 1. The molecule has 1 aromatic heterocycles. The van der Waals surface area contributed by atoms with Crippen LogP contribution >= 0.6 is 11.8 Å². The van der Waals surface area contributed by atoms with Crippen LogP contribution in [0.5, 0.6) is 5.75 Å². The Labute approximate surface area is 175 Å². The van der Waals surface area contributed by atoms with E-state index in [2.05, 4.69) is 22.1 Å². The van der Waals surface area contributed by atoms with E-state index in [1.165, 1.54) is 4.90 Å². The lowest BCUT2D eigenvalue weighted by Crippen LogP contribution is -2.44. The minimum atomic E-state index is -0.139. The monoisotopic (exact) mass is 407 g/mol. The summed E-state index contributed by atoms with van der Waals surface area (Å²) in [6.45, 7) is 4.04. The van der Waals surface area contributed by atoms with Crippen LogP contribution < -0.4 is 10.1 Å². The van der Waals surface area contributed by atoms with Gasteiger partial charge in [-0.1, -0.05) is 12.1 Å². The zero-order chi connectivity index (χ0) is 20.2. The number of hydrogen-bond donors (Lipinski definition) is 1. The van der Waals surface area contributed by atoms with Gasteiger partial charge < -0.3 is 19.5 Å². The number of aromatic nitrogens is 1. The Balaban J connectivity index is 1.61. The first-order valence-corrected chi connectivity index (χ1v) is 11.0. The smallest absolute Gasteiger partial charge is 0.322 e. The average molecular weight is 408 g/mol. The van der Waals surface area contributed by atoms with Gasteiger partial charge in [0.05, 0.1) is 12.6 Å². The Kier molecular flexibility index (Phi) is 5.81. The van der Waals surface area contributed by atoms with Crippen LogP contribution in [0, 0.1) is 0 Å². The number of urea groups is 1. The molecule has 2 aromatic carbocycles. The van der Waals surface area contributed by atoms with E-state index >= 15 is 0 Å². The van der Waals surface area contributed by atoms with Crippen LogP contribution in [0.4, 0.5) is 10.5 Å². The normalized spacial score (nSPS) is 15.7. The SMILES string of the molecule is CCOc1ccc(C2c3cccn3CCN2C(=O)Nc2ccc(SC)cc2)cc1. The molecule has 1 aliphatic heterocycles. The lowest BCUT2D eigenvalue weighted by molar-refractivity contribution is 0.182. The fourth-order valence-corrected chi connectivity index (χ4v) is 4.14. The molecule has 1 unspecified atom stereocenters. The summed E-state index contributed by atoms with van der Waals surface area (Å²) in [5.41, 5.74) is 2.99. The van der Waals surface area contributed by atoms with Crippen molar-refractivity contribution in [3.05, 3.63) is 78.1 Å². The summed E-state index contributed by atoms with van der Waals surface area (Å²) >= 11 is 1.68. The third-order valence-corrected chi connectivity index (χ3v) is 5.89. The molecule has 2 amide bonds. The van der Waals surface area contributed by atoms with Crippen molar-refractivity contribution in [1.82, 2.24) is 9.47 Å². The first kappa shape index (κ1) is 19.5. The molecule has 0 saturated carbocycles. The summed E-state index contributed by atoms with van der Waals surface area (Å²) in [6.07, 6.45) is 4.12. The van der Waals surface area contributed by atoms with Crippen molar-refractivity contribution in [2.75, 3.05) is 24.7 Å². The van der Waals surface area contributed by atoms with Gasteiger partial charge in [-0.15, -0.1) is 11.8 Å². The summed E-state index contributed by atoms with van der Waals surface area (Å²) in [4.78, 5) is 16.3. The van der Waals surface area contributed by atoms with Crippen LogP contribution in [-0.4, -0.2) is 34.9 Å². The molecular formula is C23H25N3O2S. The molecule has 1 atom stereocenters. The van der Waals surface area contributed by atoms with Crippen molar-refractivity contribution in [2.45, 2.75) is 24.4 Å². The minimum Gasteiger partial charge on any atom is -0.494 e. The molecular weight excluding hydrogens is 382 g/mol. The number of rotatable bonds is 5. The van der Waals surface area contributed by atoms with E-state index in [0.29, 0.717) is 13.2 Å². The number of thioether (sulfide) groups is 1. The number of carbonyl (C=O) groups is 1. The highest BCUT2D eigenvalue weighted by molar-refractivity contribution is 7.98. The Bertz CT molecular complexity index is 967. The van der Waals surface area contributed by atoms with Gasteiger partial charge in [-0.05, 0) is 67.3 Å². The van der Waals surface area contributed by atoms with E-state index in [-0.39, 0.29) is 12.1 Å². The standard InChI is InChI=1S/C23H25N3O2S/c1-3-28-19-10-6-17(7-11-19)22-21-5-4-14-25(21)15-16-26(22)23(27)24-18-8-12-20(29-2)13-9-18/h4-14,22H,3,15-16H2,1-2H3,(H,24,27). The second-order valence-electron chi connectivity index (χ2n) is 6.88. The van der Waals surface area contributed by atoms with Crippen molar-refractivity contribution in [1.29, 1.82) is 0 Å². The second kappa shape index (κ2) is 8.66. The van der Waals surface area contributed by atoms with Crippen LogP contribution in [0.2, 0.25) is 0 Å². The average Bonchev–Trinajstić information content (AvgIpc) is 3.23. The first-order chi connectivity index (χ1) is 14.2. The number of nitrogens with one attached hydrogen (secondary N) is 1. The van der Waals surface area contributed by atoms with E-state index in [0.717, 1.165) is 29.2 Å². The fourth-order valence-electron chi connectivity index (χ4n) is 3.74. The van der Waals surface area contributed by atoms with Crippen LogP contribution in [0.3, 0.4) is 0 Å². The van der Waals surface area contributed by atoms with Crippen LogP contribution in [0.15, 0.2) is 71.8 Å². The van der Waals surface area contributed by atoms with Crippen molar-refractivity contribution < 1.29 is 9.53 Å². The number of carbonyl (C=O) groups excluding carboxylic acids is 1. The van der Waals surface area contributed by atoms with E-state index in [4.69, 9.17) is 4.74 Å². The van der Waals surface area contributed by atoms with E-state index in [1.807, 2.05) is 72.7 Å². The predicted molar refractivity (Wildman–Crippen MR) is 118 cm³/mol. The van der Waals surface area contributed by atoms with Crippen LogP contribution in [0.25, 0.3) is 0 Å². The van der Waals surface area contributed by atoms with Gasteiger partial charge in [0.2, 0.25) is 0 Å². The number of hydrogen-bond acceptors (Lipinski definition) is 3. The molecule has 0 spiro atoms. The number of anilines is 1. The van der Waals surface area contributed by atoms with Gasteiger partial charge in [-0.3, -0.25) is 0 Å². The highest BCUT2D eigenvalue weighted by atomic mass is 32.2. The van der Waals surface area contributed by atoms with Gasteiger partial charge in [-0.2, -0.15) is 0 Å². The van der Waals surface area contributed by atoms with Gasteiger partial charge in [0.15, 0.2) is 0 Å². The lowest BCUT2D eigenvalue weighted by atomic mass is 10.00. The molecule has 6 heteroatoms. The van der Waals surface area contributed by atoms with Gasteiger partial charge in [0, 0.05) is 35.6 Å². The molecule has 0 aliphatic carbocycles. The van der Waals surface area contributed by atoms with Gasteiger partial charge in [0.25, 0.3) is 0 Å². The molecule has 1 N–H and O–H groups in total. The lowest BCUT2D eigenvalue weighted by Gasteiger charge is -2.37. The molecule has 150 valence electrons. The van der Waals surface area contributed by atoms with Crippen molar-refractivity contribution in [3.63, 3.8) is 0 Å². The molecule has 0 bridgehead atoms. The minimum absolute atomic E-state index is 0.0896. The number of benzene rings is 2. The van der Waals surface area contributed by atoms with E-state index in [9.17, 15) is 4.79 Å². The maximum absolute atomic E-state index is 13.2. The molecule has 3 aromatic rings. The third-order valence-electron chi connectivity index (χ3n) is 5.15. The second-order valence-corrected chi connectivity index (χ2v) is 7.76. The zero-order valence-electron chi connectivity index (χ0n) is 16.7. The molecule has 2 heterocycles. The predicted octanol–water partition coefficient (Wildman–Crippen LogP) is 5.25. The quantitative estimate of drug-likeness (QED) is 0.588. The third kappa shape index (κ3) is 4.12. The van der Waals surface area contributed by atoms with E-state index < -0.39 is 0 Å². The number of amides is 2.